The van der Waals surface area contributed by atoms with Crippen LogP contribution in [0.3, 0.4) is 0 Å². The number of hydrogen-bond donors (Lipinski definition) is 2. The molecule has 3 aromatic rings. The Bertz CT molecular complexity index is 1200. The van der Waals surface area contributed by atoms with Gasteiger partial charge in [0.05, 0.1) is 30.0 Å². The molecule has 0 unspecified atom stereocenters. The lowest BCUT2D eigenvalue weighted by Crippen LogP contribution is -2.28. The fourth-order valence-corrected chi connectivity index (χ4v) is 5.01. The van der Waals surface area contributed by atoms with Crippen molar-refractivity contribution in [3.8, 4) is 11.6 Å². The van der Waals surface area contributed by atoms with Crippen LogP contribution in [0, 0.1) is 11.8 Å². The lowest BCUT2D eigenvalue weighted by Gasteiger charge is -2.31. The minimum absolute atomic E-state index is 0.337. The first kappa shape index (κ1) is 24.4. The van der Waals surface area contributed by atoms with Crippen LogP contribution in [-0.2, 0) is 10.0 Å². The van der Waals surface area contributed by atoms with Crippen LogP contribution in [0.2, 0.25) is 0 Å². The van der Waals surface area contributed by atoms with Crippen LogP contribution in [0.15, 0.2) is 36.7 Å². The van der Waals surface area contributed by atoms with E-state index < -0.39 is 10.0 Å². The van der Waals surface area contributed by atoms with E-state index in [4.69, 9.17) is 9.72 Å². The molecular weight excluding hydrogens is 452 g/mol. The van der Waals surface area contributed by atoms with E-state index in [-0.39, 0.29) is 0 Å². The minimum Gasteiger partial charge on any atom is -0.493 e. The van der Waals surface area contributed by atoms with Crippen LogP contribution < -0.4 is 14.8 Å². The van der Waals surface area contributed by atoms with Crippen molar-refractivity contribution in [3.05, 3.63) is 36.7 Å². The molecular formula is C24H34N6O3S. The second-order valence-corrected chi connectivity index (χ2v) is 11.2. The van der Waals surface area contributed by atoms with Crippen molar-refractivity contribution in [2.75, 3.05) is 24.7 Å². The summed E-state index contributed by atoms with van der Waals surface area (Å²) in [5.74, 6) is 3.58. The van der Waals surface area contributed by atoms with Crippen molar-refractivity contribution in [2.24, 2.45) is 11.8 Å². The quantitative estimate of drug-likeness (QED) is 0.420. The lowest BCUT2D eigenvalue weighted by atomic mass is 9.80. The zero-order valence-electron chi connectivity index (χ0n) is 20.1. The van der Waals surface area contributed by atoms with Gasteiger partial charge in [-0.05, 0) is 56.1 Å². The number of benzene rings is 1. The molecule has 1 saturated carbocycles. The summed E-state index contributed by atoms with van der Waals surface area (Å²) < 4.78 is 32.5. The molecule has 1 aliphatic carbocycles. The molecule has 0 radical (unpaired) electrons. The normalized spacial score (nSPS) is 18.9. The Morgan fingerprint density at radius 3 is 2.71 bits per heavy atom. The summed E-state index contributed by atoms with van der Waals surface area (Å²) in [6, 6.07) is 8.02. The Kier molecular flexibility index (Phi) is 7.67. The van der Waals surface area contributed by atoms with Crippen LogP contribution in [-0.4, -0.2) is 53.6 Å². The van der Waals surface area contributed by atoms with Crippen LogP contribution in [0.25, 0.3) is 16.7 Å². The number of fused-ring (bicyclic) bond motifs is 1. The van der Waals surface area contributed by atoms with E-state index in [1.54, 1.807) is 17.1 Å². The fraction of sp³-hybridized carbons (Fsp3) is 0.542. The molecule has 0 aliphatic heterocycles. The van der Waals surface area contributed by atoms with Crippen molar-refractivity contribution < 1.29 is 13.2 Å². The van der Waals surface area contributed by atoms with E-state index >= 15 is 0 Å². The average Bonchev–Trinajstić information content (AvgIpc) is 3.24. The molecule has 9 nitrogen and oxygen atoms in total. The number of nitrogens with one attached hydrogen (secondary N) is 2. The van der Waals surface area contributed by atoms with Crippen LogP contribution in [0.4, 0.5) is 5.95 Å². The summed E-state index contributed by atoms with van der Waals surface area (Å²) >= 11 is 0. The zero-order valence-corrected chi connectivity index (χ0v) is 20.9. The summed E-state index contributed by atoms with van der Waals surface area (Å²) in [4.78, 5) is 9.16. The number of aromatic nitrogens is 4. The first-order chi connectivity index (χ1) is 16.3. The van der Waals surface area contributed by atoms with Gasteiger partial charge in [-0.2, -0.15) is 10.1 Å². The second-order valence-electron chi connectivity index (χ2n) is 9.35. The third kappa shape index (κ3) is 6.24. The standard InChI is InChI=1S/C24H34N6O3S/c1-17(2)18-8-10-19(11-9-18)28-24-25-14-12-23(29-24)30-21-6-4-7-22(20(21)16-26-30)33-15-5-13-27-34(3,31)32/h4,6-7,12,14,16-19,27H,5,8-11,13,15H2,1-3H3,(H,25,28,29). The molecule has 0 bridgehead atoms. The Balaban J connectivity index is 1.42. The number of sulfonamides is 1. The van der Waals surface area contributed by atoms with Crippen LogP contribution >= 0.6 is 0 Å². The molecule has 34 heavy (non-hydrogen) atoms. The molecule has 10 heteroatoms. The van der Waals surface area contributed by atoms with Gasteiger partial charge in [-0.25, -0.2) is 22.8 Å². The summed E-state index contributed by atoms with van der Waals surface area (Å²) in [5.41, 5.74) is 0.883. The highest BCUT2D eigenvalue weighted by Crippen LogP contribution is 2.31. The first-order valence-electron chi connectivity index (χ1n) is 11.9. The Morgan fingerprint density at radius 2 is 1.97 bits per heavy atom. The summed E-state index contributed by atoms with van der Waals surface area (Å²) in [7, 11) is -3.19. The van der Waals surface area contributed by atoms with Gasteiger partial charge in [0, 0.05) is 24.8 Å². The predicted molar refractivity (Wildman–Crippen MR) is 134 cm³/mol. The molecule has 0 saturated heterocycles. The topological polar surface area (TPSA) is 111 Å². The highest BCUT2D eigenvalue weighted by atomic mass is 32.2. The van der Waals surface area contributed by atoms with Gasteiger partial charge in [0.1, 0.15) is 5.75 Å². The van der Waals surface area contributed by atoms with E-state index in [9.17, 15) is 8.42 Å². The number of anilines is 1. The first-order valence-corrected chi connectivity index (χ1v) is 13.8. The lowest BCUT2D eigenvalue weighted by molar-refractivity contribution is 0.266. The maximum absolute atomic E-state index is 11.2. The van der Waals surface area contributed by atoms with Gasteiger partial charge < -0.3 is 10.1 Å². The van der Waals surface area contributed by atoms with Gasteiger partial charge in [0.15, 0.2) is 5.82 Å². The van der Waals surface area contributed by atoms with Crippen LogP contribution in [0.5, 0.6) is 5.75 Å². The summed E-state index contributed by atoms with van der Waals surface area (Å²) in [6.07, 6.45) is 10.0. The Hall–Kier alpha value is -2.72. The van der Waals surface area contributed by atoms with Gasteiger partial charge in [0.25, 0.3) is 0 Å². The monoisotopic (exact) mass is 486 g/mol. The third-order valence-corrected chi connectivity index (χ3v) is 7.15. The maximum Gasteiger partial charge on any atom is 0.224 e. The number of rotatable bonds is 10. The number of nitrogens with zero attached hydrogens (tertiary/aromatic N) is 4. The van der Waals surface area contributed by atoms with E-state index in [0.29, 0.717) is 43.1 Å². The molecule has 4 rings (SSSR count). The van der Waals surface area contributed by atoms with E-state index in [1.165, 1.54) is 12.8 Å². The highest BCUT2D eigenvalue weighted by molar-refractivity contribution is 7.88. The molecule has 0 spiro atoms. The van der Waals surface area contributed by atoms with Gasteiger partial charge in [0.2, 0.25) is 16.0 Å². The zero-order chi connectivity index (χ0) is 24.1. The van der Waals surface area contributed by atoms with E-state index in [0.717, 1.165) is 41.8 Å². The Morgan fingerprint density at radius 1 is 1.18 bits per heavy atom. The summed E-state index contributed by atoms with van der Waals surface area (Å²) in [5, 5.41) is 8.94. The molecule has 1 aromatic carbocycles. The van der Waals surface area contributed by atoms with Crippen LogP contribution in [0.1, 0.15) is 46.0 Å². The van der Waals surface area contributed by atoms with Gasteiger partial charge in [-0.1, -0.05) is 19.9 Å². The smallest absolute Gasteiger partial charge is 0.224 e. The van der Waals surface area contributed by atoms with Crippen molar-refractivity contribution in [2.45, 2.75) is 52.0 Å². The minimum atomic E-state index is -3.19. The van der Waals surface area contributed by atoms with E-state index in [1.807, 2.05) is 24.3 Å². The van der Waals surface area contributed by atoms with Crippen molar-refractivity contribution in [3.63, 3.8) is 0 Å². The molecule has 1 aliphatic rings. The second kappa shape index (κ2) is 10.7. The number of ether oxygens (including phenoxy) is 1. The van der Waals surface area contributed by atoms with E-state index in [2.05, 4.69) is 34.0 Å². The molecule has 1 fully saturated rings. The Labute approximate surface area is 201 Å². The molecule has 184 valence electrons. The molecule has 2 N–H and O–H groups in total. The average molecular weight is 487 g/mol. The largest absolute Gasteiger partial charge is 0.493 e. The maximum atomic E-state index is 11.2. The van der Waals surface area contributed by atoms with Crippen molar-refractivity contribution in [1.29, 1.82) is 0 Å². The fourth-order valence-electron chi connectivity index (χ4n) is 4.49. The summed E-state index contributed by atoms with van der Waals surface area (Å²) in [6.45, 7) is 5.36. The van der Waals surface area contributed by atoms with Gasteiger partial charge in [-0.3, -0.25) is 0 Å². The van der Waals surface area contributed by atoms with Crippen molar-refractivity contribution in [1.82, 2.24) is 24.5 Å². The van der Waals surface area contributed by atoms with Crippen molar-refractivity contribution >= 4 is 26.9 Å². The highest BCUT2D eigenvalue weighted by Gasteiger charge is 2.23. The third-order valence-electron chi connectivity index (χ3n) is 6.42. The molecule has 0 amide bonds. The van der Waals surface area contributed by atoms with Gasteiger partial charge in [-0.15, -0.1) is 0 Å². The SMILES string of the molecule is CC(C)C1CCC(Nc2nccc(-n3ncc4c(OCCCNS(C)(=O)=O)cccc43)n2)CC1. The predicted octanol–water partition coefficient (Wildman–Crippen LogP) is 3.76. The molecule has 0 atom stereocenters. The van der Waals surface area contributed by atoms with Gasteiger partial charge >= 0.3 is 0 Å². The molecule has 2 heterocycles. The number of hydrogen-bond acceptors (Lipinski definition) is 7. The molecule has 2 aromatic heterocycles.